The Morgan fingerprint density at radius 3 is 2.84 bits per heavy atom. The molecule has 7 heteroatoms. The summed E-state index contributed by atoms with van der Waals surface area (Å²) in [5.41, 5.74) is 1.19. The summed E-state index contributed by atoms with van der Waals surface area (Å²) in [6, 6.07) is 10.1. The van der Waals surface area contributed by atoms with Gasteiger partial charge in [0.25, 0.3) is 0 Å². The second-order valence-corrected chi connectivity index (χ2v) is 7.28. The Labute approximate surface area is 151 Å². The third-order valence-electron chi connectivity index (χ3n) is 4.26. The minimum atomic E-state index is -0.318. The highest BCUT2D eigenvalue weighted by atomic mass is 32.1. The molecule has 1 aromatic carbocycles. The summed E-state index contributed by atoms with van der Waals surface area (Å²) < 4.78 is 0. The fourth-order valence-electron chi connectivity index (χ4n) is 2.90. The monoisotopic (exact) mass is 358 g/mol. The number of carbonyl (C=O) groups excluding carboxylic acids is 2. The molecule has 1 aromatic heterocycles. The van der Waals surface area contributed by atoms with E-state index >= 15 is 0 Å². The highest BCUT2D eigenvalue weighted by Gasteiger charge is 2.34. The number of carbonyl (C=O) groups is 2. The summed E-state index contributed by atoms with van der Waals surface area (Å²) in [5, 5.41) is 12.3. The number of benzene rings is 1. The van der Waals surface area contributed by atoms with E-state index in [2.05, 4.69) is 22.4 Å². The van der Waals surface area contributed by atoms with Gasteiger partial charge in [0.15, 0.2) is 0 Å². The lowest BCUT2D eigenvalue weighted by atomic mass is 10.1. The van der Waals surface area contributed by atoms with Crippen LogP contribution in [0.4, 0.5) is 5.13 Å². The maximum atomic E-state index is 12.4. The molecule has 1 saturated heterocycles. The predicted molar refractivity (Wildman–Crippen MR) is 97.4 cm³/mol. The van der Waals surface area contributed by atoms with Gasteiger partial charge in [0.1, 0.15) is 5.01 Å². The number of aromatic nitrogens is 2. The molecule has 2 amide bonds. The quantitative estimate of drug-likeness (QED) is 0.825. The molecule has 25 heavy (non-hydrogen) atoms. The first kappa shape index (κ1) is 17.5. The van der Waals surface area contributed by atoms with Crippen molar-refractivity contribution in [2.75, 3.05) is 18.4 Å². The highest BCUT2D eigenvalue weighted by molar-refractivity contribution is 7.15. The Hall–Kier alpha value is -2.28. The van der Waals surface area contributed by atoms with Crippen molar-refractivity contribution in [3.05, 3.63) is 40.9 Å². The minimum Gasteiger partial charge on any atom is -0.342 e. The van der Waals surface area contributed by atoms with Crippen molar-refractivity contribution in [2.24, 2.45) is 5.92 Å². The third kappa shape index (κ3) is 4.63. The number of likely N-dealkylation sites (tertiary alicyclic amines) is 1. The highest BCUT2D eigenvalue weighted by Crippen LogP contribution is 2.22. The van der Waals surface area contributed by atoms with Gasteiger partial charge in [-0.2, -0.15) is 0 Å². The molecule has 1 aliphatic rings. The van der Waals surface area contributed by atoms with Gasteiger partial charge in [-0.3, -0.25) is 9.59 Å². The average molecular weight is 358 g/mol. The van der Waals surface area contributed by atoms with E-state index in [1.54, 1.807) is 4.90 Å². The van der Waals surface area contributed by atoms with E-state index < -0.39 is 0 Å². The molecule has 2 heterocycles. The maximum Gasteiger partial charge on any atom is 0.231 e. The summed E-state index contributed by atoms with van der Waals surface area (Å²) >= 11 is 1.40. The molecule has 1 N–H and O–H groups in total. The molecular weight excluding hydrogens is 336 g/mol. The van der Waals surface area contributed by atoms with E-state index in [1.165, 1.54) is 16.9 Å². The lowest BCUT2D eigenvalue weighted by Gasteiger charge is -2.16. The van der Waals surface area contributed by atoms with Crippen molar-refractivity contribution < 1.29 is 9.59 Å². The van der Waals surface area contributed by atoms with Crippen LogP contribution in [0.2, 0.25) is 0 Å². The van der Waals surface area contributed by atoms with Gasteiger partial charge in [-0.05, 0) is 18.4 Å². The number of anilines is 1. The Kier molecular flexibility index (Phi) is 5.75. The van der Waals surface area contributed by atoms with Crippen LogP contribution in [0.1, 0.15) is 30.3 Å². The van der Waals surface area contributed by atoms with Crippen LogP contribution in [0.25, 0.3) is 0 Å². The van der Waals surface area contributed by atoms with Crippen molar-refractivity contribution in [3.8, 4) is 0 Å². The molecule has 1 aliphatic heterocycles. The van der Waals surface area contributed by atoms with Crippen LogP contribution < -0.4 is 5.32 Å². The number of nitrogens with one attached hydrogen (secondary N) is 1. The fourth-order valence-corrected chi connectivity index (χ4v) is 3.74. The van der Waals surface area contributed by atoms with Crippen molar-refractivity contribution in [1.82, 2.24) is 15.1 Å². The van der Waals surface area contributed by atoms with E-state index in [-0.39, 0.29) is 24.2 Å². The van der Waals surface area contributed by atoms with Crippen LogP contribution in [0, 0.1) is 5.92 Å². The molecule has 0 spiro atoms. The van der Waals surface area contributed by atoms with Crippen LogP contribution in [0.15, 0.2) is 30.3 Å². The summed E-state index contributed by atoms with van der Waals surface area (Å²) in [6.07, 6.45) is 2.93. The number of amides is 2. The summed E-state index contributed by atoms with van der Waals surface area (Å²) in [5.74, 6) is -0.420. The number of nitrogens with zero attached hydrogens (tertiary/aromatic N) is 3. The van der Waals surface area contributed by atoms with Crippen LogP contribution in [-0.2, 0) is 22.4 Å². The first-order valence-electron chi connectivity index (χ1n) is 8.60. The molecule has 1 atom stereocenters. The molecule has 6 nitrogen and oxygen atoms in total. The molecule has 0 aliphatic carbocycles. The van der Waals surface area contributed by atoms with Crippen LogP contribution >= 0.6 is 11.3 Å². The van der Waals surface area contributed by atoms with Gasteiger partial charge in [0.05, 0.1) is 5.92 Å². The van der Waals surface area contributed by atoms with Gasteiger partial charge >= 0.3 is 0 Å². The zero-order chi connectivity index (χ0) is 17.6. The molecule has 3 rings (SSSR count). The van der Waals surface area contributed by atoms with E-state index in [4.69, 9.17) is 0 Å². The lowest BCUT2D eigenvalue weighted by molar-refractivity contribution is -0.128. The summed E-state index contributed by atoms with van der Waals surface area (Å²) in [7, 11) is 0. The topological polar surface area (TPSA) is 75.2 Å². The standard InChI is InChI=1S/C18H22N4O2S/c1-2-6-15-20-21-18(25-15)19-17(24)14-11-16(23)22(12-14)10-9-13-7-4-3-5-8-13/h3-5,7-8,14H,2,6,9-12H2,1H3,(H,19,21,24). The van der Waals surface area contributed by atoms with Crippen molar-refractivity contribution in [1.29, 1.82) is 0 Å². The largest absolute Gasteiger partial charge is 0.342 e. The number of aryl methyl sites for hydroxylation is 1. The number of hydrogen-bond acceptors (Lipinski definition) is 5. The Morgan fingerprint density at radius 1 is 1.28 bits per heavy atom. The minimum absolute atomic E-state index is 0.0417. The van der Waals surface area contributed by atoms with Gasteiger partial charge in [0.2, 0.25) is 16.9 Å². The second kappa shape index (κ2) is 8.20. The molecule has 0 radical (unpaired) electrons. The predicted octanol–water partition coefficient (Wildman–Crippen LogP) is 2.52. The van der Waals surface area contributed by atoms with E-state index in [0.717, 1.165) is 24.3 Å². The average Bonchev–Trinajstić information content (AvgIpc) is 3.21. The van der Waals surface area contributed by atoms with Crippen LogP contribution in [0.3, 0.4) is 0 Å². The Bertz CT molecular complexity index is 732. The fraction of sp³-hybridized carbons (Fsp3) is 0.444. The summed E-state index contributed by atoms with van der Waals surface area (Å²) in [4.78, 5) is 26.3. The smallest absolute Gasteiger partial charge is 0.231 e. The van der Waals surface area contributed by atoms with Gasteiger partial charge in [-0.25, -0.2) is 0 Å². The van der Waals surface area contributed by atoms with Gasteiger partial charge < -0.3 is 10.2 Å². The van der Waals surface area contributed by atoms with E-state index in [0.29, 0.717) is 18.2 Å². The molecule has 1 unspecified atom stereocenters. The lowest BCUT2D eigenvalue weighted by Crippen LogP contribution is -2.30. The van der Waals surface area contributed by atoms with E-state index in [9.17, 15) is 9.59 Å². The number of hydrogen-bond donors (Lipinski definition) is 1. The van der Waals surface area contributed by atoms with Gasteiger partial charge in [-0.15, -0.1) is 10.2 Å². The second-order valence-electron chi connectivity index (χ2n) is 6.22. The van der Waals surface area contributed by atoms with Crippen molar-refractivity contribution in [3.63, 3.8) is 0 Å². The molecule has 1 fully saturated rings. The zero-order valence-electron chi connectivity index (χ0n) is 14.3. The number of rotatable bonds is 7. The maximum absolute atomic E-state index is 12.4. The molecule has 0 saturated carbocycles. The molecule has 0 bridgehead atoms. The first-order valence-corrected chi connectivity index (χ1v) is 9.42. The van der Waals surface area contributed by atoms with Crippen molar-refractivity contribution in [2.45, 2.75) is 32.6 Å². The molecule has 132 valence electrons. The first-order chi connectivity index (χ1) is 12.2. The van der Waals surface area contributed by atoms with E-state index in [1.807, 2.05) is 30.3 Å². The van der Waals surface area contributed by atoms with Crippen LogP contribution in [0.5, 0.6) is 0 Å². The zero-order valence-corrected chi connectivity index (χ0v) is 15.1. The molecular formula is C18H22N4O2S. The summed E-state index contributed by atoms with van der Waals surface area (Å²) in [6.45, 7) is 3.19. The molecule has 2 aromatic rings. The van der Waals surface area contributed by atoms with Gasteiger partial charge in [-0.1, -0.05) is 48.6 Å². The van der Waals surface area contributed by atoms with Crippen LogP contribution in [-0.4, -0.2) is 40.0 Å². The van der Waals surface area contributed by atoms with Crippen molar-refractivity contribution >= 4 is 28.3 Å². The Balaban J connectivity index is 1.51. The Morgan fingerprint density at radius 2 is 2.08 bits per heavy atom. The third-order valence-corrected chi connectivity index (χ3v) is 5.16. The van der Waals surface area contributed by atoms with Gasteiger partial charge in [0, 0.05) is 25.9 Å². The SMILES string of the molecule is CCCc1nnc(NC(=O)C2CC(=O)N(CCc3ccccc3)C2)s1. The normalized spacial score (nSPS) is 17.1.